The monoisotopic (exact) mass is 309 g/mol. The van der Waals surface area contributed by atoms with Gasteiger partial charge in [0.25, 0.3) is 0 Å². The quantitative estimate of drug-likeness (QED) is 0.739. The molecule has 5 nitrogen and oxygen atoms in total. The van der Waals surface area contributed by atoms with E-state index < -0.39 is 5.60 Å². The lowest BCUT2D eigenvalue weighted by Gasteiger charge is -2.19. The number of hydrogen-bond donors (Lipinski definition) is 2. The van der Waals surface area contributed by atoms with Gasteiger partial charge in [0.1, 0.15) is 5.60 Å². The molecule has 0 aromatic carbocycles. The van der Waals surface area contributed by atoms with E-state index in [1.165, 1.54) is 25.8 Å². The number of alkyl carbamates (subject to hydrolysis) is 1. The molecule has 2 fully saturated rings. The second-order valence-corrected chi connectivity index (χ2v) is 7.47. The van der Waals surface area contributed by atoms with E-state index in [0.717, 1.165) is 12.6 Å². The van der Waals surface area contributed by atoms with Gasteiger partial charge in [-0.3, -0.25) is 4.90 Å². The molecule has 2 atom stereocenters. The smallest absolute Gasteiger partial charge is 0.407 e. The summed E-state index contributed by atoms with van der Waals surface area (Å²) in [5.41, 5.74) is -0.443. The number of ether oxygens (including phenoxy) is 1. The van der Waals surface area contributed by atoms with Crippen LogP contribution in [0.2, 0.25) is 0 Å². The molecule has 1 saturated heterocycles. The van der Waals surface area contributed by atoms with E-state index in [0.29, 0.717) is 18.6 Å². The predicted octanol–water partition coefficient (Wildman–Crippen LogP) is 2.28. The van der Waals surface area contributed by atoms with Gasteiger partial charge in [-0.1, -0.05) is 12.2 Å². The van der Waals surface area contributed by atoms with Crippen molar-refractivity contribution in [3.8, 4) is 0 Å². The molecule has 2 rings (SSSR count). The molecular formula is C17H31N3O2. The van der Waals surface area contributed by atoms with Gasteiger partial charge in [-0.15, -0.1) is 0 Å². The Balaban J connectivity index is 1.54. The summed E-state index contributed by atoms with van der Waals surface area (Å²) < 4.78 is 5.17. The Labute approximate surface area is 134 Å². The average molecular weight is 309 g/mol. The van der Waals surface area contributed by atoms with Crippen molar-refractivity contribution < 1.29 is 9.53 Å². The molecule has 1 amide bonds. The van der Waals surface area contributed by atoms with Crippen LogP contribution in [-0.2, 0) is 4.74 Å². The highest BCUT2D eigenvalue weighted by Crippen LogP contribution is 2.33. The minimum atomic E-state index is -0.443. The topological polar surface area (TPSA) is 53.6 Å². The highest BCUT2D eigenvalue weighted by atomic mass is 16.6. The number of nitrogens with one attached hydrogen (secondary N) is 2. The first kappa shape index (κ1) is 17.3. The van der Waals surface area contributed by atoms with Crippen LogP contribution in [0.4, 0.5) is 4.79 Å². The summed E-state index contributed by atoms with van der Waals surface area (Å²) in [6.07, 6.45) is 7.67. The zero-order chi connectivity index (χ0) is 16.2. The maximum absolute atomic E-state index is 11.5. The second-order valence-electron chi connectivity index (χ2n) is 7.47. The fraction of sp³-hybridized carbons (Fsp3) is 0.824. The molecule has 2 aliphatic rings. The largest absolute Gasteiger partial charge is 0.444 e. The Morgan fingerprint density at radius 2 is 1.95 bits per heavy atom. The second kappa shape index (κ2) is 7.47. The van der Waals surface area contributed by atoms with Crippen molar-refractivity contribution >= 4 is 6.09 Å². The lowest BCUT2D eigenvalue weighted by Crippen LogP contribution is -2.34. The molecule has 2 unspecified atom stereocenters. The Bertz CT molecular complexity index is 399. The number of nitrogens with zero attached hydrogens (tertiary/aromatic N) is 1. The van der Waals surface area contributed by atoms with E-state index in [1.807, 2.05) is 26.8 Å². The highest BCUT2D eigenvalue weighted by molar-refractivity contribution is 5.67. The van der Waals surface area contributed by atoms with E-state index in [9.17, 15) is 4.79 Å². The van der Waals surface area contributed by atoms with Gasteiger partial charge in [0.15, 0.2) is 0 Å². The van der Waals surface area contributed by atoms with E-state index in [-0.39, 0.29) is 6.09 Å². The van der Waals surface area contributed by atoms with Crippen LogP contribution in [0.3, 0.4) is 0 Å². The molecule has 0 spiro atoms. The van der Waals surface area contributed by atoms with Gasteiger partial charge in [0, 0.05) is 37.8 Å². The van der Waals surface area contributed by atoms with Gasteiger partial charge >= 0.3 is 6.09 Å². The van der Waals surface area contributed by atoms with Crippen LogP contribution in [0.25, 0.3) is 0 Å². The number of hydrogen-bond acceptors (Lipinski definition) is 4. The first-order chi connectivity index (χ1) is 10.3. The van der Waals surface area contributed by atoms with Crippen molar-refractivity contribution in [3.05, 3.63) is 12.2 Å². The van der Waals surface area contributed by atoms with Crippen molar-refractivity contribution in [2.45, 2.75) is 70.7 Å². The molecule has 1 aliphatic carbocycles. The number of likely N-dealkylation sites (tertiary alicyclic amines) is 1. The van der Waals surface area contributed by atoms with Crippen molar-refractivity contribution in [1.82, 2.24) is 15.5 Å². The zero-order valence-electron chi connectivity index (χ0n) is 14.4. The summed E-state index contributed by atoms with van der Waals surface area (Å²) >= 11 is 0. The highest BCUT2D eigenvalue weighted by Gasteiger charge is 2.38. The molecule has 0 radical (unpaired) electrons. The van der Waals surface area contributed by atoms with Gasteiger partial charge in [-0.25, -0.2) is 4.79 Å². The molecule has 1 heterocycles. The summed E-state index contributed by atoms with van der Waals surface area (Å²) in [5, 5.41) is 6.30. The van der Waals surface area contributed by atoms with Crippen LogP contribution < -0.4 is 10.6 Å². The third kappa shape index (κ3) is 5.97. The number of rotatable bonds is 6. The van der Waals surface area contributed by atoms with Crippen LogP contribution in [0.5, 0.6) is 0 Å². The predicted molar refractivity (Wildman–Crippen MR) is 89.0 cm³/mol. The Morgan fingerprint density at radius 1 is 1.27 bits per heavy atom. The molecule has 0 bridgehead atoms. The number of carbonyl (C=O) groups excluding carboxylic acids is 1. The molecule has 2 N–H and O–H groups in total. The minimum Gasteiger partial charge on any atom is -0.444 e. The summed E-state index contributed by atoms with van der Waals surface area (Å²) in [6.45, 7) is 10.5. The molecule has 0 aromatic rings. The number of carbonyl (C=O) groups is 1. The van der Waals surface area contributed by atoms with Crippen LogP contribution >= 0.6 is 0 Å². The lowest BCUT2D eigenvalue weighted by molar-refractivity contribution is 0.0534. The van der Waals surface area contributed by atoms with Gasteiger partial charge in [0.05, 0.1) is 0 Å². The molecule has 0 aromatic heterocycles. The summed E-state index contributed by atoms with van der Waals surface area (Å²) in [6, 6.07) is 2.16. The van der Waals surface area contributed by atoms with E-state index in [1.54, 1.807) is 0 Å². The third-order valence-corrected chi connectivity index (χ3v) is 4.09. The molecule has 22 heavy (non-hydrogen) atoms. The molecular weight excluding hydrogens is 278 g/mol. The average Bonchev–Trinajstić information content (AvgIpc) is 3.16. The van der Waals surface area contributed by atoms with E-state index >= 15 is 0 Å². The van der Waals surface area contributed by atoms with Gasteiger partial charge in [-0.05, 0) is 47.0 Å². The molecule has 5 heteroatoms. The van der Waals surface area contributed by atoms with Crippen molar-refractivity contribution in [1.29, 1.82) is 0 Å². The third-order valence-electron chi connectivity index (χ3n) is 4.09. The maximum Gasteiger partial charge on any atom is 0.407 e. The van der Waals surface area contributed by atoms with Crippen molar-refractivity contribution in [2.75, 3.05) is 19.6 Å². The molecule has 1 aliphatic heterocycles. The zero-order valence-corrected chi connectivity index (χ0v) is 14.4. The lowest BCUT2D eigenvalue weighted by atomic mass is 10.2. The first-order valence-corrected chi connectivity index (χ1v) is 8.46. The van der Waals surface area contributed by atoms with Gasteiger partial charge in [0.2, 0.25) is 0 Å². The summed E-state index contributed by atoms with van der Waals surface area (Å²) in [5.74, 6) is 0. The fourth-order valence-electron chi connectivity index (χ4n) is 2.98. The van der Waals surface area contributed by atoms with Gasteiger partial charge in [-0.2, -0.15) is 0 Å². The number of amides is 1. The van der Waals surface area contributed by atoms with E-state index in [4.69, 9.17) is 4.74 Å². The Morgan fingerprint density at radius 3 is 2.59 bits per heavy atom. The van der Waals surface area contributed by atoms with E-state index in [2.05, 4.69) is 28.5 Å². The normalized spacial score (nSPS) is 26.5. The summed E-state index contributed by atoms with van der Waals surface area (Å²) in [7, 11) is 0. The fourth-order valence-corrected chi connectivity index (χ4v) is 2.98. The Hall–Kier alpha value is -1.07. The Kier molecular flexibility index (Phi) is 5.87. The van der Waals surface area contributed by atoms with Crippen molar-refractivity contribution in [3.63, 3.8) is 0 Å². The summed E-state index contributed by atoms with van der Waals surface area (Å²) in [4.78, 5) is 14.1. The minimum absolute atomic E-state index is 0.366. The SMILES string of the molecule is CC1CC(NC/C=C/CNC(=O)OC(C)(C)C)CN1C1CC1. The van der Waals surface area contributed by atoms with Crippen LogP contribution in [0.1, 0.15) is 47.0 Å². The van der Waals surface area contributed by atoms with Crippen LogP contribution in [0, 0.1) is 0 Å². The first-order valence-electron chi connectivity index (χ1n) is 8.46. The van der Waals surface area contributed by atoms with Gasteiger partial charge < -0.3 is 15.4 Å². The van der Waals surface area contributed by atoms with Crippen molar-refractivity contribution in [2.24, 2.45) is 0 Å². The van der Waals surface area contributed by atoms with Crippen LogP contribution in [-0.4, -0.2) is 54.4 Å². The maximum atomic E-state index is 11.5. The standard InChI is InChI=1S/C17H31N3O2/c1-13-11-14(12-20(13)15-7-8-15)18-9-5-6-10-19-16(21)22-17(2,3)4/h5-6,13-15,18H,7-12H2,1-4H3,(H,19,21)/b6-5+. The molecule has 126 valence electrons. The molecule has 1 saturated carbocycles. The van der Waals surface area contributed by atoms with Crippen LogP contribution in [0.15, 0.2) is 12.2 Å².